The van der Waals surface area contributed by atoms with Crippen molar-refractivity contribution in [1.29, 1.82) is 0 Å². The van der Waals surface area contributed by atoms with Crippen molar-refractivity contribution in [1.82, 2.24) is 14.8 Å². The Morgan fingerprint density at radius 2 is 2.21 bits per heavy atom. The average Bonchev–Trinajstić information content (AvgIpc) is 3.25. The summed E-state index contributed by atoms with van der Waals surface area (Å²) in [6.45, 7) is 4.55. The van der Waals surface area contributed by atoms with Crippen LogP contribution in [0.1, 0.15) is 23.9 Å². The van der Waals surface area contributed by atoms with E-state index in [0.717, 1.165) is 23.5 Å². The van der Waals surface area contributed by atoms with Crippen molar-refractivity contribution in [3.05, 3.63) is 58.8 Å². The number of anilines is 1. The highest BCUT2D eigenvalue weighted by atomic mass is 32.1. The molecule has 24 heavy (non-hydrogen) atoms. The fraction of sp³-hybridized carbons (Fsp3) is 0.278. The lowest BCUT2D eigenvalue weighted by molar-refractivity contribution is -0.118. The van der Waals surface area contributed by atoms with Gasteiger partial charge in [-0.25, -0.2) is 4.68 Å². The summed E-state index contributed by atoms with van der Waals surface area (Å²) in [6.07, 6.45) is 6.67. The minimum Gasteiger partial charge on any atom is -0.310 e. The van der Waals surface area contributed by atoms with E-state index in [1.807, 2.05) is 48.5 Å². The summed E-state index contributed by atoms with van der Waals surface area (Å²) >= 11 is 1.69. The molecule has 0 unspecified atom stereocenters. The minimum atomic E-state index is 0.125. The van der Waals surface area contributed by atoms with Crippen molar-refractivity contribution in [2.24, 2.45) is 0 Å². The van der Waals surface area contributed by atoms with E-state index < -0.39 is 0 Å². The zero-order valence-electron chi connectivity index (χ0n) is 13.8. The summed E-state index contributed by atoms with van der Waals surface area (Å²) in [5, 5.41) is 6.57. The van der Waals surface area contributed by atoms with Crippen LogP contribution in [0, 0.1) is 6.92 Å². The van der Waals surface area contributed by atoms with Crippen LogP contribution >= 0.6 is 11.3 Å². The quantitative estimate of drug-likeness (QED) is 0.688. The number of hydrogen-bond acceptors (Lipinski definition) is 4. The van der Waals surface area contributed by atoms with Gasteiger partial charge in [0.1, 0.15) is 0 Å². The SMILES string of the molecule is CCN(C(=O)CCc1cccs1)c1cn(-c2cccnc2)nc1C. The maximum atomic E-state index is 12.6. The van der Waals surface area contributed by atoms with Crippen LogP contribution in [0.3, 0.4) is 0 Å². The summed E-state index contributed by atoms with van der Waals surface area (Å²) in [4.78, 5) is 19.8. The van der Waals surface area contributed by atoms with Crippen molar-refractivity contribution in [2.75, 3.05) is 11.4 Å². The molecule has 3 aromatic rings. The average molecular weight is 340 g/mol. The van der Waals surface area contributed by atoms with Crippen LogP contribution in [0.25, 0.3) is 5.69 Å². The molecule has 3 heterocycles. The van der Waals surface area contributed by atoms with E-state index in [9.17, 15) is 4.79 Å². The van der Waals surface area contributed by atoms with E-state index in [1.165, 1.54) is 4.88 Å². The summed E-state index contributed by atoms with van der Waals surface area (Å²) in [6, 6.07) is 7.90. The third-order valence-corrected chi connectivity index (χ3v) is 4.79. The van der Waals surface area contributed by atoms with Gasteiger partial charge in [0, 0.05) is 24.0 Å². The fourth-order valence-corrected chi connectivity index (χ4v) is 3.35. The molecule has 0 atom stereocenters. The first kappa shape index (κ1) is 16.4. The number of rotatable bonds is 6. The smallest absolute Gasteiger partial charge is 0.227 e. The van der Waals surface area contributed by atoms with Crippen LogP contribution in [-0.4, -0.2) is 27.2 Å². The second-order valence-corrected chi connectivity index (χ2v) is 6.51. The Balaban J connectivity index is 1.77. The van der Waals surface area contributed by atoms with Gasteiger partial charge in [-0.3, -0.25) is 9.78 Å². The highest BCUT2D eigenvalue weighted by molar-refractivity contribution is 7.09. The van der Waals surface area contributed by atoms with E-state index in [0.29, 0.717) is 13.0 Å². The largest absolute Gasteiger partial charge is 0.310 e. The molecule has 0 fully saturated rings. The third-order valence-electron chi connectivity index (χ3n) is 3.86. The number of carbonyl (C=O) groups excluding carboxylic acids is 1. The molecular formula is C18H20N4OS. The molecule has 0 aliphatic carbocycles. The molecule has 0 bridgehead atoms. The lowest BCUT2D eigenvalue weighted by atomic mass is 10.2. The van der Waals surface area contributed by atoms with Gasteiger partial charge in [0.2, 0.25) is 5.91 Å². The molecule has 0 saturated heterocycles. The number of pyridine rings is 1. The second-order valence-electron chi connectivity index (χ2n) is 5.47. The highest BCUT2D eigenvalue weighted by Crippen LogP contribution is 2.22. The van der Waals surface area contributed by atoms with Crippen LogP contribution in [0.2, 0.25) is 0 Å². The van der Waals surface area contributed by atoms with E-state index in [-0.39, 0.29) is 5.91 Å². The van der Waals surface area contributed by atoms with Gasteiger partial charge in [0.15, 0.2) is 0 Å². The lowest BCUT2D eigenvalue weighted by Crippen LogP contribution is -2.31. The molecule has 124 valence electrons. The number of hydrogen-bond donors (Lipinski definition) is 0. The van der Waals surface area contributed by atoms with Crippen LogP contribution in [-0.2, 0) is 11.2 Å². The van der Waals surface area contributed by atoms with E-state index in [4.69, 9.17) is 0 Å². The van der Waals surface area contributed by atoms with Crippen molar-refractivity contribution in [2.45, 2.75) is 26.7 Å². The standard InChI is InChI=1S/C18H20N4OS/c1-3-21(18(23)9-8-16-7-5-11-24-16)17-13-22(20-14(17)2)15-6-4-10-19-12-15/h4-7,10-13H,3,8-9H2,1-2H3. The Morgan fingerprint density at radius 1 is 1.33 bits per heavy atom. The molecule has 0 saturated carbocycles. The van der Waals surface area contributed by atoms with Gasteiger partial charge >= 0.3 is 0 Å². The van der Waals surface area contributed by atoms with Gasteiger partial charge in [-0.15, -0.1) is 11.3 Å². The minimum absolute atomic E-state index is 0.125. The van der Waals surface area contributed by atoms with Gasteiger partial charge in [0.25, 0.3) is 0 Å². The van der Waals surface area contributed by atoms with E-state index >= 15 is 0 Å². The Labute approximate surface area is 145 Å². The summed E-state index contributed by atoms with van der Waals surface area (Å²) in [5.41, 5.74) is 2.58. The zero-order valence-corrected chi connectivity index (χ0v) is 14.7. The number of aromatic nitrogens is 3. The first-order chi connectivity index (χ1) is 11.7. The van der Waals surface area contributed by atoms with Gasteiger partial charge in [-0.2, -0.15) is 5.10 Å². The molecule has 6 heteroatoms. The summed E-state index contributed by atoms with van der Waals surface area (Å²) < 4.78 is 1.77. The molecule has 3 aromatic heterocycles. The molecule has 0 aliphatic rings. The lowest BCUT2D eigenvalue weighted by Gasteiger charge is -2.19. The Morgan fingerprint density at radius 3 is 2.88 bits per heavy atom. The van der Waals surface area contributed by atoms with Crippen LogP contribution in [0.15, 0.2) is 48.2 Å². The van der Waals surface area contributed by atoms with Gasteiger partial charge < -0.3 is 4.90 Å². The predicted octanol–water partition coefficient (Wildman–Crippen LogP) is 3.62. The van der Waals surface area contributed by atoms with E-state index in [1.54, 1.807) is 28.4 Å². The van der Waals surface area contributed by atoms with Crippen molar-refractivity contribution in [3.63, 3.8) is 0 Å². The molecule has 1 amide bonds. The predicted molar refractivity (Wildman–Crippen MR) is 96.8 cm³/mol. The molecule has 0 N–H and O–H groups in total. The normalized spacial score (nSPS) is 10.8. The molecule has 0 radical (unpaired) electrons. The number of thiophene rings is 1. The monoisotopic (exact) mass is 340 g/mol. The fourth-order valence-electron chi connectivity index (χ4n) is 2.64. The molecule has 0 aliphatic heterocycles. The Bertz CT molecular complexity index is 796. The van der Waals surface area contributed by atoms with Crippen LogP contribution in [0.4, 0.5) is 5.69 Å². The Kier molecular flexibility index (Phi) is 5.05. The maximum Gasteiger partial charge on any atom is 0.227 e. The maximum absolute atomic E-state index is 12.6. The number of nitrogens with zero attached hydrogens (tertiary/aromatic N) is 4. The molecule has 5 nitrogen and oxygen atoms in total. The summed E-state index contributed by atoms with van der Waals surface area (Å²) in [7, 11) is 0. The van der Waals surface area contributed by atoms with Crippen molar-refractivity contribution < 1.29 is 4.79 Å². The van der Waals surface area contributed by atoms with E-state index in [2.05, 4.69) is 16.1 Å². The number of amides is 1. The van der Waals surface area contributed by atoms with Crippen molar-refractivity contribution >= 4 is 22.9 Å². The number of carbonyl (C=O) groups is 1. The second kappa shape index (κ2) is 7.40. The van der Waals surface area contributed by atoms with Gasteiger partial charge in [-0.1, -0.05) is 6.07 Å². The zero-order chi connectivity index (χ0) is 16.9. The number of aryl methyl sites for hydroxylation is 2. The first-order valence-corrected chi connectivity index (χ1v) is 8.86. The summed E-state index contributed by atoms with van der Waals surface area (Å²) in [5.74, 6) is 0.125. The molecule has 0 spiro atoms. The van der Waals surface area contributed by atoms with Gasteiger partial charge in [-0.05, 0) is 43.8 Å². The van der Waals surface area contributed by atoms with Crippen LogP contribution < -0.4 is 4.90 Å². The highest BCUT2D eigenvalue weighted by Gasteiger charge is 2.19. The van der Waals surface area contributed by atoms with Crippen molar-refractivity contribution in [3.8, 4) is 5.69 Å². The molecule has 0 aromatic carbocycles. The molecule has 3 rings (SSSR count). The van der Waals surface area contributed by atoms with Gasteiger partial charge in [0.05, 0.1) is 29.5 Å². The first-order valence-electron chi connectivity index (χ1n) is 7.98. The van der Waals surface area contributed by atoms with Crippen LogP contribution in [0.5, 0.6) is 0 Å². The molecular weight excluding hydrogens is 320 g/mol. The topological polar surface area (TPSA) is 51.0 Å². The third kappa shape index (κ3) is 3.54. The Hall–Kier alpha value is -2.47.